The first-order valence-electron chi connectivity index (χ1n) is 8.99. The summed E-state index contributed by atoms with van der Waals surface area (Å²) in [5, 5.41) is 2.93. The summed E-state index contributed by atoms with van der Waals surface area (Å²) in [6.45, 7) is 0.493. The molecular weight excluding hydrogens is 354 g/mol. The van der Waals surface area contributed by atoms with E-state index >= 15 is 0 Å². The van der Waals surface area contributed by atoms with Crippen LogP contribution in [-0.2, 0) is 13.0 Å². The lowest BCUT2D eigenvalue weighted by atomic mass is 10.1. The zero-order valence-electron chi connectivity index (χ0n) is 15.4. The molecule has 4 aromatic rings. The van der Waals surface area contributed by atoms with Crippen molar-refractivity contribution in [2.75, 3.05) is 12.8 Å². The van der Waals surface area contributed by atoms with Crippen LogP contribution in [0.15, 0.2) is 65.6 Å². The second kappa shape index (κ2) is 7.11. The van der Waals surface area contributed by atoms with Crippen LogP contribution in [0.2, 0.25) is 0 Å². The molecule has 0 radical (unpaired) electrons. The maximum Gasteiger partial charge on any atom is 0.278 e. The number of nitrogens with two attached hydrogens (primary N) is 1. The lowest BCUT2D eigenvalue weighted by Gasteiger charge is -2.11. The molecule has 0 bridgehead atoms. The molecule has 0 saturated carbocycles. The third kappa shape index (κ3) is 2.96. The molecule has 0 fully saturated rings. The van der Waals surface area contributed by atoms with E-state index in [1.54, 1.807) is 22.9 Å². The van der Waals surface area contributed by atoms with E-state index in [9.17, 15) is 9.59 Å². The Morgan fingerprint density at radius 1 is 1.18 bits per heavy atom. The number of amides is 1. The van der Waals surface area contributed by atoms with Crippen LogP contribution in [0.5, 0.6) is 0 Å². The first-order chi connectivity index (χ1) is 13.6. The van der Waals surface area contributed by atoms with Crippen LogP contribution >= 0.6 is 0 Å². The number of nitrogens with one attached hydrogen (secondary N) is 1. The average molecular weight is 374 g/mol. The fourth-order valence-corrected chi connectivity index (χ4v) is 3.33. The molecule has 7 heteroatoms. The fourth-order valence-electron chi connectivity index (χ4n) is 3.33. The summed E-state index contributed by atoms with van der Waals surface area (Å²) in [5.41, 5.74) is 8.49. The number of benzene rings is 1. The zero-order valence-corrected chi connectivity index (χ0v) is 15.4. The molecule has 0 aliphatic carbocycles. The molecule has 3 aromatic heterocycles. The van der Waals surface area contributed by atoms with Gasteiger partial charge in [0.2, 0.25) is 11.5 Å². The molecule has 1 amide bonds. The van der Waals surface area contributed by atoms with Crippen molar-refractivity contribution in [2.24, 2.45) is 0 Å². The summed E-state index contributed by atoms with van der Waals surface area (Å²) in [5.74, 6) is -0.0552. The first-order valence-corrected chi connectivity index (χ1v) is 8.99. The van der Waals surface area contributed by atoms with E-state index in [-0.39, 0.29) is 22.8 Å². The van der Waals surface area contributed by atoms with Gasteiger partial charge in [-0.3, -0.25) is 14.0 Å². The number of carbonyl (C=O) groups is 1. The van der Waals surface area contributed by atoms with E-state index < -0.39 is 0 Å². The SMILES string of the molecule is CNC(=O)c1cc2c(=O)n3ccccc3nc2[n+](CCc2ccccc2)c1N. The van der Waals surface area contributed by atoms with Gasteiger partial charge >= 0.3 is 0 Å². The Balaban J connectivity index is 1.97. The largest absolute Gasteiger partial charge is 0.355 e. The van der Waals surface area contributed by atoms with Crippen molar-refractivity contribution in [2.45, 2.75) is 13.0 Å². The summed E-state index contributed by atoms with van der Waals surface area (Å²) in [6.07, 6.45) is 2.35. The van der Waals surface area contributed by atoms with Gasteiger partial charge in [-0.05, 0) is 23.8 Å². The summed E-state index contributed by atoms with van der Waals surface area (Å²) in [4.78, 5) is 30.0. The third-order valence-electron chi connectivity index (χ3n) is 4.80. The van der Waals surface area contributed by atoms with Crippen molar-refractivity contribution in [3.8, 4) is 0 Å². The number of aromatic nitrogens is 3. The number of pyridine rings is 2. The molecule has 0 spiro atoms. The number of carbonyl (C=O) groups excluding carboxylic acids is 1. The van der Waals surface area contributed by atoms with Gasteiger partial charge in [-0.25, -0.2) is 4.57 Å². The molecule has 0 aliphatic rings. The highest BCUT2D eigenvalue weighted by Crippen LogP contribution is 2.15. The van der Waals surface area contributed by atoms with Gasteiger partial charge in [0.1, 0.15) is 10.9 Å². The van der Waals surface area contributed by atoms with Crippen molar-refractivity contribution >= 4 is 28.4 Å². The van der Waals surface area contributed by atoms with Gasteiger partial charge in [0, 0.05) is 19.7 Å². The Hall–Kier alpha value is -3.74. The fraction of sp³-hybridized carbons (Fsp3) is 0.143. The summed E-state index contributed by atoms with van der Waals surface area (Å²) in [6, 6.07) is 16.8. The van der Waals surface area contributed by atoms with Gasteiger partial charge in [0.25, 0.3) is 17.1 Å². The van der Waals surface area contributed by atoms with E-state index in [1.807, 2.05) is 36.4 Å². The second-order valence-corrected chi connectivity index (χ2v) is 6.49. The van der Waals surface area contributed by atoms with E-state index in [4.69, 9.17) is 5.73 Å². The quantitative estimate of drug-likeness (QED) is 0.416. The zero-order chi connectivity index (χ0) is 19.7. The molecule has 140 valence electrons. The molecule has 0 saturated heterocycles. The number of nitrogen functional groups attached to an aromatic ring is 1. The first kappa shape index (κ1) is 17.7. The van der Waals surface area contributed by atoms with Crippen LogP contribution in [0, 0.1) is 0 Å². The van der Waals surface area contributed by atoms with E-state index in [2.05, 4.69) is 10.3 Å². The highest BCUT2D eigenvalue weighted by molar-refractivity contribution is 6.00. The maximum atomic E-state index is 13.0. The summed E-state index contributed by atoms with van der Waals surface area (Å²) in [7, 11) is 1.53. The monoisotopic (exact) mass is 374 g/mol. The Kier molecular flexibility index (Phi) is 4.49. The summed E-state index contributed by atoms with van der Waals surface area (Å²) < 4.78 is 3.22. The minimum Gasteiger partial charge on any atom is -0.355 e. The van der Waals surface area contributed by atoms with Gasteiger partial charge < -0.3 is 11.1 Å². The van der Waals surface area contributed by atoms with Gasteiger partial charge in [0.05, 0.1) is 6.54 Å². The highest BCUT2D eigenvalue weighted by Gasteiger charge is 2.23. The maximum absolute atomic E-state index is 13.0. The van der Waals surface area contributed by atoms with Crippen molar-refractivity contribution in [1.29, 1.82) is 0 Å². The van der Waals surface area contributed by atoms with Crippen LogP contribution in [0.3, 0.4) is 0 Å². The van der Waals surface area contributed by atoms with E-state index in [0.29, 0.717) is 29.6 Å². The molecule has 7 nitrogen and oxygen atoms in total. The molecule has 3 heterocycles. The normalized spacial score (nSPS) is 11.0. The van der Waals surface area contributed by atoms with Gasteiger partial charge in [-0.2, -0.15) is 0 Å². The smallest absolute Gasteiger partial charge is 0.278 e. The summed E-state index contributed by atoms with van der Waals surface area (Å²) >= 11 is 0. The predicted molar refractivity (Wildman–Crippen MR) is 107 cm³/mol. The van der Waals surface area contributed by atoms with Crippen LogP contribution in [0.25, 0.3) is 16.7 Å². The van der Waals surface area contributed by atoms with Crippen molar-refractivity contribution in [3.63, 3.8) is 0 Å². The van der Waals surface area contributed by atoms with Crippen LogP contribution in [0.1, 0.15) is 15.9 Å². The molecule has 28 heavy (non-hydrogen) atoms. The molecular formula is C21H20N5O2+. The van der Waals surface area contributed by atoms with E-state index in [1.165, 1.54) is 17.5 Å². The molecule has 0 atom stereocenters. The van der Waals surface area contributed by atoms with Gasteiger partial charge in [-0.1, -0.05) is 41.4 Å². The molecule has 0 aliphatic heterocycles. The number of rotatable bonds is 4. The number of anilines is 1. The number of aryl methyl sites for hydroxylation is 2. The van der Waals surface area contributed by atoms with Crippen LogP contribution in [0.4, 0.5) is 5.82 Å². The second-order valence-electron chi connectivity index (χ2n) is 6.49. The number of hydrogen-bond acceptors (Lipinski definition) is 4. The lowest BCUT2D eigenvalue weighted by molar-refractivity contribution is -0.658. The number of nitrogens with zero attached hydrogens (tertiary/aromatic N) is 3. The van der Waals surface area contributed by atoms with Crippen molar-refractivity contribution in [1.82, 2.24) is 14.7 Å². The van der Waals surface area contributed by atoms with Gasteiger partial charge in [0.15, 0.2) is 0 Å². The van der Waals surface area contributed by atoms with E-state index in [0.717, 1.165) is 5.56 Å². The topological polar surface area (TPSA) is 93.4 Å². The predicted octanol–water partition coefficient (Wildman–Crippen LogP) is 1.32. The Bertz CT molecular complexity index is 1250. The standard InChI is InChI=1S/C21H19N5O2/c1-23-20(27)15-13-16-19(24-17-9-5-6-11-25(17)21(16)28)26(18(15)22)12-10-14-7-3-2-4-8-14/h2-9,11,13,22H,10,12H2,1H3,(H,23,27)/p+1. The molecule has 1 aromatic carbocycles. The molecule has 0 unspecified atom stereocenters. The molecule has 4 rings (SSSR count). The Morgan fingerprint density at radius 2 is 1.93 bits per heavy atom. The average Bonchev–Trinajstić information content (AvgIpc) is 2.73. The minimum absolute atomic E-state index is 0.237. The van der Waals surface area contributed by atoms with Crippen molar-refractivity contribution in [3.05, 3.63) is 82.3 Å². The Labute approximate surface area is 161 Å². The Morgan fingerprint density at radius 3 is 2.68 bits per heavy atom. The van der Waals surface area contributed by atoms with Gasteiger partial charge in [-0.15, -0.1) is 0 Å². The molecule has 3 N–H and O–H groups in total. The minimum atomic E-state index is -0.342. The lowest BCUT2D eigenvalue weighted by Crippen LogP contribution is -2.43. The van der Waals surface area contributed by atoms with Crippen LogP contribution in [-0.4, -0.2) is 22.3 Å². The van der Waals surface area contributed by atoms with Crippen LogP contribution < -0.4 is 21.2 Å². The highest BCUT2D eigenvalue weighted by atomic mass is 16.1. The third-order valence-corrected chi connectivity index (χ3v) is 4.80. The number of fused-ring (bicyclic) bond motifs is 2. The van der Waals surface area contributed by atoms with Crippen molar-refractivity contribution < 1.29 is 9.36 Å². The number of hydrogen-bond donors (Lipinski definition) is 2.